The zero-order valence-corrected chi connectivity index (χ0v) is 9.09. The summed E-state index contributed by atoms with van der Waals surface area (Å²) in [5.74, 6) is 0. The Balaban J connectivity index is 2.45. The van der Waals surface area contributed by atoms with Crippen molar-refractivity contribution < 1.29 is 0 Å². The van der Waals surface area contributed by atoms with Gasteiger partial charge in [-0.2, -0.15) is 0 Å². The van der Waals surface area contributed by atoms with Crippen molar-refractivity contribution in [1.82, 2.24) is 5.32 Å². The van der Waals surface area contributed by atoms with Gasteiger partial charge in [0.1, 0.15) is 0 Å². The van der Waals surface area contributed by atoms with E-state index < -0.39 is 0 Å². The summed E-state index contributed by atoms with van der Waals surface area (Å²) in [4.78, 5) is 0. The second-order valence-corrected chi connectivity index (χ2v) is 3.98. The van der Waals surface area contributed by atoms with Gasteiger partial charge in [0.05, 0.1) is 0 Å². The third-order valence-corrected chi connectivity index (χ3v) is 3.09. The predicted octanol–water partition coefficient (Wildman–Crippen LogP) is 2.54. The fourth-order valence-corrected chi connectivity index (χ4v) is 2.18. The van der Waals surface area contributed by atoms with Crippen molar-refractivity contribution in [3.63, 3.8) is 0 Å². The van der Waals surface area contributed by atoms with Crippen molar-refractivity contribution in [3.05, 3.63) is 41.0 Å². The van der Waals surface area contributed by atoms with Crippen LogP contribution in [0.1, 0.15) is 23.6 Å². The quantitative estimate of drug-likeness (QED) is 0.750. The van der Waals surface area contributed by atoms with Gasteiger partial charge in [-0.1, -0.05) is 24.3 Å². The lowest BCUT2D eigenvalue weighted by Crippen LogP contribution is -2.22. The van der Waals surface area contributed by atoms with E-state index in [1.165, 1.54) is 22.3 Å². The highest BCUT2D eigenvalue weighted by molar-refractivity contribution is 5.78. The molecule has 1 aromatic carbocycles. The van der Waals surface area contributed by atoms with E-state index in [0.29, 0.717) is 6.04 Å². The minimum absolute atomic E-state index is 0.456. The molecule has 1 atom stereocenters. The molecule has 1 N–H and O–H groups in total. The molecule has 0 aromatic heterocycles. The van der Waals surface area contributed by atoms with Gasteiger partial charge in [0, 0.05) is 6.04 Å². The molecule has 0 heterocycles. The highest BCUT2D eigenvalue weighted by Gasteiger charge is 2.19. The van der Waals surface area contributed by atoms with E-state index in [1.807, 2.05) is 7.05 Å². The van der Waals surface area contributed by atoms with Gasteiger partial charge in [-0.05, 0) is 49.6 Å². The number of fused-ring (bicyclic) bond motifs is 1. The molecule has 0 saturated heterocycles. The summed E-state index contributed by atoms with van der Waals surface area (Å²) in [7, 11) is 2.02. The first-order chi connectivity index (χ1) is 6.74. The van der Waals surface area contributed by atoms with Crippen LogP contribution < -0.4 is 5.32 Å². The van der Waals surface area contributed by atoms with Gasteiger partial charge >= 0.3 is 0 Å². The van der Waals surface area contributed by atoms with Crippen molar-refractivity contribution in [2.75, 3.05) is 7.05 Å². The minimum Gasteiger partial charge on any atom is -0.313 e. The predicted molar refractivity (Wildman–Crippen MR) is 61.4 cm³/mol. The maximum atomic E-state index is 3.31. The van der Waals surface area contributed by atoms with Gasteiger partial charge in [0.25, 0.3) is 0 Å². The summed E-state index contributed by atoms with van der Waals surface area (Å²) in [6.07, 6.45) is 3.44. The molecule has 1 aromatic rings. The van der Waals surface area contributed by atoms with E-state index in [0.717, 1.165) is 6.42 Å². The van der Waals surface area contributed by atoms with E-state index in [2.05, 4.69) is 43.4 Å². The molecule has 1 unspecified atom stereocenters. The molecule has 1 aliphatic carbocycles. The summed E-state index contributed by atoms with van der Waals surface area (Å²) in [5, 5.41) is 3.31. The summed E-state index contributed by atoms with van der Waals surface area (Å²) in [5.41, 5.74) is 5.80. The molecule has 0 saturated carbocycles. The average molecular weight is 187 g/mol. The van der Waals surface area contributed by atoms with E-state index in [1.54, 1.807) is 0 Å². The van der Waals surface area contributed by atoms with Crippen molar-refractivity contribution in [2.45, 2.75) is 26.3 Å². The van der Waals surface area contributed by atoms with Crippen LogP contribution in [0.5, 0.6) is 0 Å². The summed E-state index contributed by atoms with van der Waals surface area (Å²) < 4.78 is 0. The zero-order chi connectivity index (χ0) is 10.1. The number of benzene rings is 1. The third kappa shape index (κ3) is 1.38. The lowest BCUT2D eigenvalue weighted by molar-refractivity contribution is 0.745. The molecule has 14 heavy (non-hydrogen) atoms. The first-order valence-corrected chi connectivity index (χ1v) is 5.20. The zero-order valence-electron chi connectivity index (χ0n) is 9.09. The van der Waals surface area contributed by atoms with E-state index in [9.17, 15) is 0 Å². The first kappa shape index (κ1) is 9.47. The van der Waals surface area contributed by atoms with E-state index in [4.69, 9.17) is 0 Å². The van der Waals surface area contributed by atoms with Crippen LogP contribution in [0.25, 0.3) is 5.57 Å². The normalized spacial score (nSPS) is 16.4. The van der Waals surface area contributed by atoms with Gasteiger partial charge in [-0.3, -0.25) is 0 Å². The highest BCUT2D eigenvalue weighted by atomic mass is 14.9. The third-order valence-electron chi connectivity index (χ3n) is 3.09. The van der Waals surface area contributed by atoms with Crippen LogP contribution in [0.2, 0.25) is 0 Å². The summed E-state index contributed by atoms with van der Waals surface area (Å²) in [6, 6.07) is 7.03. The Kier molecular flexibility index (Phi) is 2.42. The molecule has 2 rings (SSSR count). The SMILES string of the molecule is CNC(C)C1=CCc2cccc(C)c21. The van der Waals surface area contributed by atoms with Crippen molar-refractivity contribution >= 4 is 5.57 Å². The Morgan fingerprint density at radius 2 is 2.14 bits per heavy atom. The van der Waals surface area contributed by atoms with Gasteiger partial charge < -0.3 is 5.32 Å². The number of rotatable bonds is 2. The Bertz CT molecular complexity index is 377. The first-order valence-electron chi connectivity index (χ1n) is 5.20. The molecule has 0 radical (unpaired) electrons. The number of likely N-dealkylation sites (N-methyl/N-ethyl adjacent to an activating group) is 1. The van der Waals surface area contributed by atoms with E-state index >= 15 is 0 Å². The van der Waals surface area contributed by atoms with Crippen LogP contribution in [-0.2, 0) is 6.42 Å². The number of aryl methyl sites for hydroxylation is 1. The molecule has 0 bridgehead atoms. The van der Waals surface area contributed by atoms with Crippen molar-refractivity contribution in [3.8, 4) is 0 Å². The number of nitrogens with one attached hydrogen (secondary N) is 1. The summed E-state index contributed by atoms with van der Waals surface area (Å²) >= 11 is 0. The molecular formula is C13H17N. The number of hydrogen-bond acceptors (Lipinski definition) is 1. The Morgan fingerprint density at radius 3 is 2.86 bits per heavy atom. The largest absolute Gasteiger partial charge is 0.313 e. The number of allylic oxidation sites excluding steroid dienone is 1. The van der Waals surface area contributed by atoms with E-state index in [-0.39, 0.29) is 0 Å². The lowest BCUT2D eigenvalue weighted by Gasteiger charge is -2.15. The Morgan fingerprint density at radius 1 is 1.36 bits per heavy atom. The van der Waals surface area contributed by atoms with Crippen LogP contribution in [0, 0.1) is 6.92 Å². The standard InChI is InChI=1S/C13H17N/c1-9-5-4-6-11-7-8-12(13(9)11)10(2)14-3/h4-6,8,10,14H,7H2,1-3H3. The highest BCUT2D eigenvalue weighted by Crippen LogP contribution is 2.32. The lowest BCUT2D eigenvalue weighted by atomic mass is 9.96. The fourth-order valence-electron chi connectivity index (χ4n) is 2.18. The number of hydrogen-bond donors (Lipinski definition) is 1. The van der Waals surface area contributed by atoms with Crippen LogP contribution in [-0.4, -0.2) is 13.1 Å². The van der Waals surface area contributed by atoms with Gasteiger partial charge in [-0.15, -0.1) is 0 Å². The second-order valence-electron chi connectivity index (χ2n) is 3.98. The van der Waals surface area contributed by atoms with Gasteiger partial charge in [-0.25, -0.2) is 0 Å². The molecular weight excluding hydrogens is 170 g/mol. The minimum atomic E-state index is 0.456. The molecule has 1 nitrogen and oxygen atoms in total. The topological polar surface area (TPSA) is 12.0 Å². The molecule has 1 aliphatic rings. The smallest absolute Gasteiger partial charge is 0.0292 e. The summed E-state index contributed by atoms with van der Waals surface area (Å²) in [6.45, 7) is 4.41. The average Bonchev–Trinajstić information content (AvgIpc) is 2.62. The van der Waals surface area contributed by atoms with Gasteiger partial charge in [0.15, 0.2) is 0 Å². The molecule has 0 fully saturated rings. The van der Waals surface area contributed by atoms with Crippen LogP contribution in [0.4, 0.5) is 0 Å². The van der Waals surface area contributed by atoms with Crippen molar-refractivity contribution in [1.29, 1.82) is 0 Å². The van der Waals surface area contributed by atoms with Crippen LogP contribution in [0.3, 0.4) is 0 Å². The Labute approximate surface area is 85.8 Å². The fraction of sp³-hybridized carbons (Fsp3) is 0.385. The molecule has 0 aliphatic heterocycles. The van der Waals surface area contributed by atoms with Crippen LogP contribution >= 0.6 is 0 Å². The van der Waals surface area contributed by atoms with Crippen molar-refractivity contribution in [2.24, 2.45) is 0 Å². The molecule has 1 heteroatoms. The van der Waals surface area contributed by atoms with Crippen LogP contribution in [0.15, 0.2) is 24.3 Å². The Hall–Kier alpha value is -1.08. The molecule has 0 amide bonds. The second kappa shape index (κ2) is 3.58. The maximum Gasteiger partial charge on any atom is 0.0292 e. The molecule has 74 valence electrons. The molecule has 0 spiro atoms. The monoisotopic (exact) mass is 187 g/mol. The van der Waals surface area contributed by atoms with Gasteiger partial charge in [0.2, 0.25) is 0 Å². The maximum absolute atomic E-state index is 3.31.